The summed E-state index contributed by atoms with van der Waals surface area (Å²) in [7, 11) is 0. The van der Waals surface area contributed by atoms with Gasteiger partial charge in [-0.15, -0.1) is 0 Å². The summed E-state index contributed by atoms with van der Waals surface area (Å²) in [5, 5.41) is 3.85. The number of halogens is 2. The SMILES string of the molecule is O=C(Cc1cn(C(=O)c2ccc(Br)cc2)c2ccccc12)Nc1cccnc1Cl. The summed E-state index contributed by atoms with van der Waals surface area (Å²) in [4.78, 5) is 29.5. The largest absolute Gasteiger partial charge is 0.323 e. The molecule has 29 heavy (non-hydrogen) atoms. The Hall–Kier alpha value is -2.96. The Balaban J connectivity index is 1.65. The summed E-state index contributed by atoms with van der Waals surface area (Å²) < 4.78 is 2.48. The van der Waals surface area contributed by atoms with Gasteiger partial charge in [-0.3, -0.25) is 14.2 Å². The molecule has 2 aromatic heterocycles. The van der Waals surface area contributed by atoms with Crippen LogP contribution in [0.15, 0.2) is 77.5 Å². The lowest BCUT2D eigenvalue weighted by Crippen LogP contribution is -2.15. The van der Waals surface area contributed by atoms with Crippen LogP contribution in [-0.4, -0.2) is 21.4 Å². The lowest BCUT2D eigenvalue weighted by Gasteiger charge is -2.05. The summed E-state index contributed by atoms with van der Waals surface area (Å²) in [6.45, 7) is 0. The number of carbonyl (C=O) groups excluding carboxylic acids is 2. The molecule has 0 spiro atoms. The topological polar surface area (TPSA) is 64.0 Å². The number of nitrogens with one attached hydrogen (secondary N) is 1. The van der Waals surface area contributed by atoms with Crippen LogP contribution < -0.4 is 5.32 Å². The summed E-state index contributed by atoms with van der Waals surface area (Å²) in [5.41, 5.74) is 2.52. The van der Waals surface area contributed by atoms with Gasteiger partial charge in [-0.05, 0) is 48.0 Å². The number of para-hydroxylation sites is 1. The molecule has 5 nitrogen and oxygen atoms in total. The van der Waals surface area contributed by atoms with Crippen molar-refractivity contribution in [2.75, 3.05) is 5.32 Å². The maximum Gasteiger partial charge on any atom is 0.262 e. The van der Waals surface area contributed by atoms with Crippen LogP contribution in [0.25, 0.3) is 10.9 Å². The minimum Gasteiger partial charge on any atom is -0.323 e. The second kappa shape index (κ2) is 8.19. The third-order valence-corrected chi connectivity index (χ3v) is 5.32. The lowest BCUT2D eigenvalue weighted by atomic mass is 10.1. The van der Waals surface area contributed by atoms with Gasteiger partial charge < -0.3 is 5.32 Å². The Kier molecular flexibility index (Phi) is 5.47. The predicted molar refractivity (Wildman–Crippen MR) is 117 cm³/mol. The number of carbonyl (C=O) groups is 2. The third kappa shape index (κ3) is 4.09. The monoisotopic (exact) mass is 467 g/mol. The van der Waals surface area contributed by atoms with Crippen LogP contribution in [0.2, 0.25) is 5.15 Å². The molecule has 144 valence electrons. The van der Waals surface area contributed by atoms with Crippen molar-refractivity contribution >= 4 is 55.9 Å². The smallest absolute Gasteiger partial charge is 0.262 e. The number of anilines is 1. The summed E-state index contributed by atoms with van der Waals surface area (Å²) in [5.74, 6) is -0.394. The zero-order valence-corrected chi connectivity index (χ0v) is 17.4. The van der Waals surface area contributed by atoms with Crippen LogP contribution in [0.4, 0.5) is 5.69 Å². The molecule has 0 saturated heterocycles. The zero-order valence-electron chi connectivity index (χ0n) is 15.1. The molecular weight excluding hydrogens is 454 g/mol. The number of benzene rings is 2. The van der Waals surface area contributed by atoms with Gasteiger partial charge in [0, 0.05) is 27.8 Å². The minimum atomic E-state index is -0.237. The predicted octanol–water partition coefficient (Wildman–Crippen LogP) is 5.32. The van der Waals surface area contributed by atoms with Gasteiger partial charge >= 0.3 is 0 Å². The molecule has 1 amide bonds. The number of amides is 1. The lowest BCUT2D eigenvalue weighted by molar-refractivity contribution is -0.115. The van der Waals surface area contributed by atoms with Crippen molar-refractivity contribution in [2.24, 2.45) is 0 Å². The molecular formula is C22H15BrClN3O2. The van der Waals surface area contributed by atoms with E-state index in [2.05, 4.69) is 26.2 Å². The van der Waals surface area contributed by atoms with Crippen LogP contribution in [0.5, 0.6) is 0 Å². The van der Waals surface area contributed by atoms with E-state index in [1.54, 1.807) is 41.2 Å². The van der Waals surface area contributed by atoms with Gasteiger partial charge in [-0.25, -0.2) is 4.98 Å². The Morgan fingerprint density at radius 1 is 1.03 bits per heavy atom. The molecule has 0 atom stereocenters. The Morgan fingerprint density at radius 3 is 2.55 bits per heavy atom. The third-order valence-electron chi connectivity index (χ3n) is 4.49. The van der Waals surface area contributed by atoms with E-state index in [1.807, 2.05) is 36.4 Å². The molecule has 0 saturated carbocycles. The molecule has 0 aliphatic rings. The van der Waals surface area contributed by atoms with Crippen LogP contribution in [-0.2, 0) is 11.2 Å². The van der Waals surface area contributed by atoms with E-state index in [1.165, 1.54) is 0 Å². The fourth-order valence-corrected chi connectivity index (χ4v) is 3.57. The first kappa shape index (κ1) is 19.4. The van der Waals surface area contributed by atoms with Gasteiger partial charge in [-0.1, -0.05) is 45.7 Å². The molecule has 4 rings (SSSR count). The molecule has 2 aromatic carbocycles. The molecule has 0 unspecified atom stereocenters. The molecule has 1 N–H and O–H groups in total. The number of rotatable bonds is 4. The van der Waals surface area contributed by atoms with Crippen LogP contribution in [0.1, 0.15) is 15.9 Å². The maximum absolute atomic E-state index is 13.0. The highest BCUT2D eigenvalue weighted by Crippen LogP contribution is 2.24. The second-order valence-electron chi connectivity index (χ2n) is 6.42. The van der Waals surface area contributed by atoms with Crippen LogP contribution in [0.3, 0.4) is 0 Å². The minimum absolute atomic E-state index is 0.104. The molecule has 0 radical (unpaired) electrons. The standard InChI is InChI=1S/C22H15BrClN3O2/c23-16-9-7-14(8-10-16)22(29)27-13-15(17-4-1-2-6-19(17)27)12-20(28)26-18-5-3-11-25-21(18)24/h1-11,13H,12H2,(H,26,28). The number of pyridine rings is 1. The van der Waals surface area contributed by atoms with Crippen LogP contribution in [0, 0.1) is 0 Å². The molecule has 2 heterocycles. The molecule has 0 bridgehead atoms. The molecule has 7 heteroatoms. The number of hydrogen-bond donors (Lipinski definition) is 1. The molecule has 0 aliphatic carbocycles. The first-order valence-corrected chi connectivity index (χ1v) is 9.99. The first-order chi connectivity index (χ1) is 14.0. The highest BCUT2D eigenvalue weighted by molar-refractivity contribution is 9.10. The first-order valence-electron chi connectivity index (χ1n) is 8.82. The fourth-order valence-electron chi connectivity index (χ4n) is 3.14. The van der Waals surface area contributed by atoms with Crippen LogP contribution >= 0.6 is 27.5 Å². The highest BCUT2D eigenvalue weighted by atomic mass is 79.9. The summed E-state index contributed by atoms with van der Waals surface area (Å²) in [6, 6.07) is 18.1. The van der Waals surface area contributed by atoms with E-state index in [9.17, 15) is 9.59 Å². The maximum atomic E-state index is 13.0. The quantitative estimate of drug-likeness (QED) is 0.412. The Bertz CT molecular complexity index is 1220. The van der Waals surface area contributed by atoms with Crippen molar-refractivity contribution in [3.05, 3.63) is 93.8 Å². The van der Waals surface area contributed by atoms with Gasteiger partial charge in [0.2, 0.25) is 5.91 Å². The zero-order chi connectivity index (χ0) is 20.4. The highest BCUT2D eigenvalue weighted by Gasteiger charge is 2.17. The molecule has 4 aromatic rings. The summed E-state index contributed by atoms with van der Waals surface area (Å²) >= 11 is 9.39. The second-order valence-corrected chi connectivity index (χ2v) is 7.69. The van der Waals surface area contributed by atoms with Gasteiger partial charge in [0.15, 0.2) is 5.15 Å². The number of fused-ring (bicyclic) bond motifs is 1. The van der Waals surface area contributed by atoms with E-state index in [4.69, 9.17) is 11.6 Å². The number of hydrogen-bond acceptors (Lipinski definition) is 3. The summed E-state index contributed by atoms with van der Waals surface area (Å²) in [6.07, 6.45) is 3.38. The van der Waals surface area contributed by atoms with Gasteiger partial charge in [0.25, 0.3) is 5.91 Å². The van der Waals surface area contributed by atoms with Crippen molar-refractivity contribution < 1.29 is 9.59 Å². The van der Waals surface area contributed by atoms with E-state index in [0.717, 1.165) is 20.9 Å². The normalized spacial score (nSPS) is 10.8. The number of nitrogens with zero attached hydrogens (tertiary/aromatic N) is 2. The van der Waals surface area contributed by atoms with Crippen molar-refractivity contribution in [3.63, 3.8) is 0 Å². The molecule has 0 aliphatic heterocycles. The van der Waals surface area contributed by atoms with E-state index in [-0.39, 0.29) is 23.4 Å². The van der Waals surface area contributed by atoms with Gasteiger partial charge in [0.05, 0.1) is 17.6 Å². The van der Waals surface area contributed by atoms with Crippen molar-refractivity contribution in [3.8, 4) is 0 Å². The van der Waals surface area contributed by atoms with Crippen molar-refractivity contribution in [1.29, 1.82) is 0 Å². The fraction of sp³-hybridized carbons (Fsp3) is 0.0455. The van der Waals surface area contributed by atoms with Crippen molar-refractivity contribution in [1.82, 2.24) is 9.55 Å². The van der Waals surface area contributed by atoms with Gasteiger partial charge in [-0.2, -0.15) is 0 Å². The Labute approximate surface area is 180 Å². The average Bonchev–Trinajstić information content (AvgIpc) is 3.08. The average molecular weight is 469 g/mol. The van der Waals surface area contributed by atoms with Gasteiger partial charge in [0.1, 0.15) is 0 Å². The molecule has 0 fully saturated rings. The van der Waals surface area contributed by atoms with E-state index in [0.29, 0.717) is 11.3 Å². The van der Waals surface area contributed by atoms with Crippen molar-refractivity contribution in [2.45, 2.75) is 6.42 Å². The number of aromatic nitrogens is 2. The Morgan fingerprint density at radius 2 is 1.79 bits per heavy atom. The van der Waals surface area contributed by atoms with E-state index >= 15 is 0 Å². The van der Waals surface area contributed by atoms with E-state index < -0.39 is 0 Å².